The highest BCUT2D eigenvalue weighted by Crippen LogP contribution is 2.58. The van der Waals surface area contributed by atoms with Gasteiger partial charge < -0.3 is 10.1 Å². The van der Waals surface area contributed by atoms with E-state index in [2.05, 4.69) is 5.32 Å². The van der Waals surface area contributed by atoms with Crippen LogP contribution in [0.1, 0.15) is 25.3 Å². The van der Waals surface area contributed by atoms with Crippen molar-refractivity contribution in [2.75, 3.05) is 5.75 Å². The summed E-state index contributed by atoms with van der Waals surface area (Å²) in [4.78, 5) is 22.8. The highest BCUT2D eigenvalue weighted by Gasteiger charge is 2.55. The lowest BCUT2D eigenvalue weighted by molar-refractivity contribution is -0.109. The van der Waals surface area contributed by atoms with Gasteiger partial charge in [-0.15, -0.1) is 0 Å². The van der Waals surface area contributed by atoms with Gasteiger partial charge in [0, 0.05) is 18.7 Å². The third-order valence-corrected chi connectivity index (χ3v) is 5.59. The summed E-state index contributed by atoms with van der Waals surface area (Å²) in [6, 6.07) is 9.91. The van der Waals surface area contributed by atoms with Crippen molar-refractivity contribution in [2.45, 2.75) is 32.4 Å². The van der Waals surface area contributed by atoms with Crippen LogP contribution >= 0.6 is 11.8 Å². The Balaban J connectivity index is 1.34. The van der Waals surface area contributed by atoms with Crippen LogP contribution in [0, 0.1) is 17.8 Å². The van der Waals surface area contributed by atoms with E-state index in [0.29, 0.717) is 24.4 Å². The predicted octanol–water partition coefficient (Wildman–Crippen LogP) is 3.22. The Kier molecular flexibility index (Phi) is 4.71. The summed E-state index contributed by atoms with van der Waals surface area (Å²) in [5.41, 5.74) is 0.994. The van der Waals surface area contributed by atoms with Crippen LogP contribution in [0.5, 0.6) is 0 Å². The lowest BCUT2D eigenvalue weighted by atomic mass is 10.1. The molecule has 0 radical (unpaired) electrons. The molecule has 0 saturated heterocycles. The first kappa shape index (κ1) is 15.4. The fraction of sp³-hybridized carbons (Fsp3) is 0.529. The first-order valence-electron chi connectivity index (χ1n) is 7.74. The number of nitrogens with one attached hydrogen (secondary N) is 1. The molecule has 0 aliphatic heterocycles. The molecule has 0 bridgehead atoms. The van der Waals surface area contributed by atoms with E-state index < -0.39 is 0 Å². The van der Waals surface area contributed by atoms with Crippen LogP contribution in [0.4, 0.5) is 4.79 Å². The smallest absolute Gasteiger partial charge is 0.407 e. The summed E-state index contributed by atoms with van der Waals surface area (Å²) in [5.74, 6) is 2.99. The van der Waals surface area contributed by atoms with Crippen LogP contribution in [0.25, 0.3) is 0 Å². The minimum absolute atomic E-state index is 0.198. The SMILES string of the molecule is CC(=O)SCC1C2CC(NC(=O)OCc3ccccc3)CC12. The summed E-state index contributed by atoms with van der Waals surface area (Å²) in [7, 11) is 0. The normalized spacial score (nSPS) is 28.8. The van der Waals surface area contributed by atoms with Crippen LogP contribution < -0.4 is 5.32 Å². The number of amides is 1. The topological polar surface area (TPSA) is 55.4 Å². The van der Waals surface area contributed by atoms with Crippen LogP contribution in [0.2, 0.25) is 0 Å². The zero-order chi connectivity index (χ0) is 15.5. The molecule has 118 valence electrons. The van der Waals surface area contributed by atoms with E-state index in [9.17, 15) is 9.59 Å². The molecule has 1 N–H and O–H groups in total. The molecule has 2 aliphatic carbocycles. The summed E-state index contributed by atoms with van der Waals surface area (Å²) in [5, 5.41) is 3.16. The minimum Gasteiger partial charge on any atom is -0.445 e. The number of carbonyl (C=O) groups excluding carboxylic acids is 2. The first-order valence-corrected chi connectivity index (χ1v) is 8.72. The summed E-state index contributed by atoms with van der Waals surface area (Å²) in [6.07, 6.45) is 1.72. The highest BCUT2D eigenvalue weighted by atomic mass is 32.2. The number of fused-ring (bicyclic) bond motifs is 1. The zero-order valence-corrected chi connectivity index (χ0v) is 13.5. The maximum atomic E-state index is 11.8. The zero-order valence-electron chi connectivity index (χ0n) is 12.7. The quantitative estimate of drug-likeness (QED) is 0.905. The van der Waals surface area contributed by atoms with Crippen LogP contribution in [0.15, 0.2) is 30.3 Å². The van der Waals surface area contributed by atoms with Crippen molar-refractivity contribution in [3.8, 4) is 0 Å². The van der Waals surface area contributed by atoms with Crippen molar-refractivity contribution in [3.63, 3.8) is 0 Å². The van der Waals surface area contributed by atoms with Crippen LogP contribution in [-0.2, 0) is 16.1 Å². The molecule has 0 heterocycles. The molecule has 1 aromatic carbocycles. The first-order chi connectivity index (χ1) is 10.6. The van der Waals surface area contributed by atoms with Gasteiger partial charge in [0.05, 0.1) is 0 Å². The molecule has 4 nitrogen and oxygen atoms in total. The lowest BCUT2D eigenvalue weighted by Gasteiger charge is -2.16. The van der Waals surface area contributed by atoms with Gasteiger partial charge >= 0.3 is 6.09 Å². The highest BCUT2D eigenvalue weighted by molar-refractivity contribution is 8.13. The van der Waals surface area contributed by atoms with E-state index in [4.69, 9.17) is 4.74 Å². The molecule has 2 unspecified atom stereocenters. The minimum atomic E-state index is -0.329. The molecule has 2 aliphatic rings. The molecular formula is C17H21NO3S. The Bertz CT molecular complexity index is 536. The van der Waals surface area contributed by atoms with E-state index in [1.807, 2.05) is 30.3 Å². The summed E-state index contributed by atoms with van der Waals surface area (Å²) in [6.45, 7) is 1.93. The van der Waals surface area contributed by atoms with E-state index in [1.165, 1.54) is 11.8 Å². The molecule has 0 aromatic heterocycles. The molecule has 2 atom stereocenters. The molecule has 2 fully saturated rings. The Hall–Kier alpha value is -1.49. The number of thioether (sulfide) groups is 1. The summed E-state index contributed by atoms with van der Waals surface area (Å²) >= 11 is 1.43. The Morgan fingerprint density at radius 3 is 2.55 bits per heavy atom. The second-order valence-electron chi connectivity index (χ2n) is 6.17. The number of carbonyl (C=O) groups is 2. The van der Waals surface area contributed by atoms with Gasteiger partial charge in [-0.25, -0.2) is 4.79 Å². The van der Waals surface area contributed by atoms with Crippen molar-refractivity contribution >= 4 is 23.0 Å². The largest absolute Gasteiger partial charge is 0.445 e. The van der Waals surface area contributed by atoms with Crippen molar-refractivity contribution < 1.29 is 14.3 Å². The second kappa shape index (κ2) is 6.73. The van der Waals surface area contributed by atoms with Crippen molar-refractivity contribution in [1.82, 2.24) is 5.32 Å². The Morgan fingerprint density at radius 1 is 1.23 bits per heavy atom. The molecule has 0 spiro atoms. The van der Waals surface area contributed by atoms with E-state index in [1.54, 1.807) is 6.92 Å². The molecule has 22 heavy (non-hydrogen) atoms. The molecule has 2 saturated carbocycles. The number of hydrogen-bond acceptors (Lipinski definition) is 4. The average Bonchev–Trinajstić information content (AvgIpc) is 2.96. The molecular weight excluding hydrogens is 298 g/mol. The second-order valence-corrected chi connectivity index (χ2v) is 7.37. The van der Waals surface area contributed by atoms with Crippen LogP contribution in [0.3, 0.4) is 0 Å². The fourth-order valence-corrected chi connectivity index (χ4v) is 4.41. The standard InChI is InChI=1S/C17H21NO3S/c1-11(19)22-10-16-14-7-13(8-15(14)16)18-17(20)21-9-12-5-3-2-4-6-12/h2-6,13-16H,7-10H2,1H3,(H,18,20). The van der Waals surface area contributed by atoms with Crippen molar-refractivity contribution in [2.24, 2.45) is 17.8 Å². The van der Waals surface area contributed by atoms with Gasteiger partial charge in [-0.05, 0) is 36.2 Å². The molecule has 5 heteroatoms. The number of ether oxygens (including phenoxy) is 1. The Labute approximate surface area is 135 Å². The number of alkyl carbamates (subject to hydrolysis) is 1. The van der Waals surface area contributed by atoms with E-state index in [-0.39, 0.29) is 17.3 Å². The number of benzene rings is 1. The molecule has 1 aromatic rings. The third kappa shape index (κ3) is 3.83. The number of hydrogen-bond donors (Lipinski definition) is 1. The lowest BCUT2D eigenvalue weighted by Crippen LogP contribution is -2.34. The maximum Gasteiger partial charge on any atom is 0.407 e. The van der Waals surface area contributed by atoms with Gasteiger partial charge in [0.2, 0.25) is 0 Å². The van der Waals surface area contributed by atoms with Gasteiger partial charge in [-0.3, -0.25) is 4.79 Å². The van der Waals surface area contributed by atoms with Gasteiger partial charge in [0.15, 0.2) is 5.12 Å². The van der Waals surface area contributed by atoms with E-state index in [0.717, 1.165) is 24.2 Å². The predicted molar refractivity (Wildman–Crippen MR) is 86.4 cm³/mol. The van der Waals surface area contributed by atoms with Gasteiger partial charge in [0.25, 0.3) is 0 Å². The maximum absolute atomic E-state index is 11.8. The van der Waals surface area contributed by atoms with Crippen molar-refractivity contribution in [1.29, 1.82) is 0 Å². The van der Waals surface area contributed by atoms with Gasteiger partial charge in [-0.2, -0.15) is 0 Å². The fourth-order valence-electron chi connectivity index (χ4n) is 3.49. The molecule has 3 rings (SSSR count). The van der Waals surface area contributed by atoms with E-state index >= 15 is 0 Å². The Morgan fingerprint density at radius 2 is 1.91 bits per heavy atom. The average molecular weight is 319 g/mol. The van der Waals surface area contributed by atoms with Gasteiger partial charge in [-0.1, -0.05) is 42.1 Å². The van der Waals surface area contributed by atoms with Gasteiger partial charge in [0.1, 0.15) is 6.61 Å². The third-order valence-electron chi connectivity index (χ3n) is 4.64. The molecule has 1 amide bonds. The summed E-state index contributed by atoms with van der Waals surface area (Å²) < 4.78 is 5.25. The monoisotopic (exact) mass is 319 g/mol. The number of rotatable bonds is 5. The van der Waals surface area contributed by atoms with Crippen LogP contribution in [-0.4, -0.2) is 23.0 Å². The van der Waals surface area contributed by atoms with Crippen molar-refractivity contribution in [3.05, 3.63) is 35.9 Å².